The summed E-state index contributed by atoms with van der Waals surface area (Å²) in [4.78, 5) is 17.9. The van der Waals surface area contributed by atoms with Crippen LogP contribution in [0.3, 0.4) is 0 Å². The molecule has 4 nitrogen and oxygen atoms in total. The van der Waals surface area contributed by atoms with E-state index in [1.807, 2.05) is 25.7 Å². The number of ether oxygens (including phenoxy) is 1. The molecule has 1 aliphatic heterocycles. The van der Waals surface area contributed by atoms with Gasteiger partial charge in [-0.05, 0) is 39.0 Å². The van der Waals surface area contributed by atoms with Gasteiger partial charge in [0, 0.05) is 23.1 Å². The number of hydrogen-bond acceptors (Lipinski definition) is 2. The Morgan fingerprint density at radius 2 is 2.19 bits per heavy atom. The smallest absolute Gasteiger partial charge is 0.256 e. The van der Waals surface area contributed by atoms with Gasteiger partial charge in [-0.3, -0.25) is 4.79 Å². The maximum atomic E-state index is 13.5. The zero-order valence-corrected chi connectivity index (χ0v) is 12.5. The number of amides is 1. The van der Waals surface area contributed by atoms with Gasteiger partial charge in [0.25, 0.3) is 5.91 Å². The summed E-state index contributed by atoms with van der Waals surface area (Å²) in [6.45, 7) is 7.40. The maximum absolute atomic E-state index is 13.5. The van der Waals surface area contributed by atoms with E-state index in [-0.39, 0.29) is 17.3 Å². The predicted molar refractivity (Wildman–Crippen MR) is 78.9 cm³/mol. The van der Waals surface area contributed by atoms with Crippen LogP contribution in [0.5, 0.6) is 0 Å². The lowest BCUT2D eigenvalue weighted by Gasteiger charge is -2.42. The number of aromatic amines is 1. The molecular formula is C16H19FN2O2. The van der Waals surface area contributed by atoms with Crippen LogP contribution < -0.4 is 0 Å². The van der Waals surface area contributed by atoms with E-state index in [0.29, 0.717) is 30.7 Å². The number of rotatable bonds is 1. The van der Waals surface area contributed by atoms with Gasteiger partial charge in [-0.25, -0.2) is 4.39 Å². The quantitative estimate of drug-likeness (QED) is 0.877. The number of nitrogens with one attached hydrogen (secondary N) is 1. The Balaban J connectivity index is 2.09. The lowest BCUT2D eigenvalue weighted by atomic mass is 10.00. The fourth-order valence-corrected chi connectivity index (χ4v) is 2.94. The highest BCUT2D eigenvalue weighted by atomic mass is 19.1. The lowest BCUT2D eigenvalue weighted by molar-refractivity contribution is -0.0370. The van der Waals surface area contributed by atoms with Gasteiger partial charge in [0.1, 0.15) is 5.82 Å². The first kappa shape index (κ1) is 14.1. The van der Waals surface area contributed by atoms with Crippen LogP contribution in [0.2, 0.25) is 0 Å². The Kier molecular flexibility index (Phi) is 3.24. The molecule has 3 rings (SSSR count). The largest absolute Gasteiger partial charge is 0.377 e. The summed E-state index contributed by atoms with van der Waals surface area (Å²) in [5.41, 5.74) is 1.74. The van der Waals surface area contributed by atoms with Crippen molar-refractivity contribution in [2.75, 3.05) is 19.8 Å². The van der Waals surface area contributed by atoms with Crippen LogP contribution in [0.4, 0.5) is 4.39 Å². The number of carbonyl (C=O) groups is 1. The fraction of sp³-hybridized carbons (Fsp3) is 0.438. The summed E-state index contributed by atoms with van der Waals surface area (Å²) >= 11 is 0. The van der Waals surface area contributed by atoms with Crippen LogP contribution in [0.1, 0.15) is 29.9 Å². The number of aryl methyl sites for hydroxylation is 1. The number of nitrogens with zero attached hydrogens (tertiary/aromatic N) is 1. The average molecular weight is 290 g/mol. The van der Waals surface area contributed by atoms with E-state index in [4.69, 9.17) is 4.74 Å². The molecule has 0 bridgehead atoms. The zero-order chi connectivity index (χ0) is 15.2. The number of H-pyrrole nitrogens is 1. The van der Waals surface area contributed by atoms with Crippen molar-refractivity contribution in [3.05, 3.63) is 35.3 Å². The van der Waals surface area contributed by atoms with Crippen molar-refractivity contribution in [1.29, 1.82) is 0 Å². The summed E-state index contributed by atoms with van der Waals surface area (Å²) in [5.74, 6) is -0.408. The monoisotopic (exact) mass is 290 g/mol. The Morgan fingerprint density at radius 3 is 2.90 bits per heavy atom. The highest BCUT2D eigenvalue weighted by Gasteiger charge is 2.36. The number of aromatic nitrogens is 1. The molecule has 0 radical (unpaired) electrons. The van der Waals surface area contributed by atoms with Crippen molar-refractivity contribution in [2.24, 2.45) is 0 Å². The summed E-state index contributed by atoms with van der Waals surface area (Å²) in [5, 5.41) is 0.639. The third-order valence-electron chi connectivity index (χ3n) is 4.05. The van der Waals surface area contributed by atoms with Gasteiger partial charge in [0.05, 0.1) is 24.3 Å². The molecule has 1 amide bonds. The molecule has 21 heavy (non-hydrogen) atoms. The first-order chi connectivity index (χ1) is 9.90. The van der Waals surface area contributed by atoms with Gasteiger partial charge in [0.2, 0.25) is 0 Å². The molecular weight excluding hydrogens is 271 g/mol. The fourth-order valence-electron chi connectivity index (χ4n) is 2.94. The first-order valence-corrected chi connectivity index (χ1v) is 7.08. The number of carbonyl (C=O) groups excluding carboxylic acids is 1. The second kappa shape index (κ2) is 4.84. The van der Waals surface area contributed by atoms with E-state index >= 15 is 0 Å². The van der Waals surface area contributed by atoms with E-state index in [1.165, 1.54) is 12.1 Å². The van der Waals surface area contributed by atoms with E-state index in [1.54, 1.807) is 6.07 Å². The number of fused-ring (bicyclic) bond motifs is 1. The highest BCUT2D eigenvalue weighted by molar-refractivity contribution is 6.08. The summed E-state index contributed by atoms with van der Waals surface area (Å²) in [6.07, 6.45) is 0. The van der Waals surface area contributed by atoms with Crippen LogP contribution in [0, 0.1) is 12.7 Å². The molecule has 1 saturated heterocycles. The Bertz CT molecular complexity index is 706. The van der Waals surface area contributed by atoms with Gasteiger partial charge >= 0.3 is 0 Å². The second-order valence-corrected chi connectivity index (χ2v) is 6.14. The van der Waals surface area contributed by atoms with E-state index in [2.05, 4.69) is 4.98 Å². The van der Waals surface area contributed by atoms with Crippen molar-refractivity contribution in [1.82, 2.24) is 9.88 Å². The molecule has 2 aromatic rings. The van der Waals surface area contributed by atoms with E-state index in [9.17, 15) is 9.18 Å². The van der Waals surface area contributed by atoms with Crippen molar-refractivity contribution in [2.45, 2.75) is 26.3 Å². The SMILES string of the molecule is Cc1[nH]c2ccc(F)cc2c1C(=O)N1CCOCC1(C)C. The standard InChI is InChI=1S/C16H19FN2O2/c1-10-14(12-8-11(17)4-5-13(12)18-10)15(20)19-6-7-21-9-16(19,2)3/h4-5,8,18H,6-7,9H2,1-3H3. The lowest BCUT2D eigenvalue weighted by Crippen LogP contribution is -2.55. The summed E-state index contributed by atoms with van der Waals surface area (Å²) < 4.78 is 19.0. The molecule has 1 aromatic carbocycles. The first-order valence-electron chi connectivity index (χ1n) is 7.08. The van der Waals surface area contributed by atoms with Crippen LogP contribution in [0.25, 0.3) is 10.9 Å². The molecule has 1 N–H and O–H groups in total. The number of morpholine rings is 1. The van der Waals surface area contributed by atoms with Gasteiger partial charge in [-0.15, -0.1) is 0 Å². The summed E-state index contributed by atoms with van der Waals surface area (Å²) in [6, 6.07) is 4.48. The molecule has 0 aliphatic carbocycles. The topological polar surface area (TPSA) is 45.3 Å². The van der Waals surface area contributed by atoms with Crippen molar-refractivity contribution < 1.29 is 13.9 Å². The average Bonchev–Trinajstić information content (AvgIpc) is 2.73. The van der Waals surface area contributed by atoms with E-state index in [0.717, 1.165) is 11.2 Å². The molecule has 0 unspecified atom stereocenters. The molecule has 1 aliphatic rings. The normalized spacial score (nSPS) is 18.2. The molecule has 2 heterocycles. The van der Waals surface area contributed by atoms with Gasteiger partial charge in [0.15, 0.2) is 0 Å². The number of halogens is 1. The van der Waals surface area contributed by atoms with Gasteiger partial charge in [-0.2, -0.15) is 0 Å². The molecule has 112 valence electrons. The van der Waals surface area contributed by atoms with Crippen molar-refractivity contribution >= 4 is 16.8 Å². The van der Waals surface area contributed by atoms with Gasteiger partial charge in [-0.1, -0.05) is 0 Å². The molecule has 0 spiro atoms. The highest BCUT2D eigenvalue weighted by Crippen LogP contribution is 2.28. The minimum absolute atomic E-state index is 0.0716. The molecule has 5 heteroatoms. The molecule has 1 fully saturated rings. The molecule has 1 aromatic heterocycles. The Hall–Kier alpha value is -1.88. The Morgan fingerprint density at radius 1 is 1.43 bits per heavy atom. The summed E-state index contributed by atoms with van der Waals surface area (Å²) in [7, 11) is 0. The zero-order valence-electron chi connectivity index (χ0n) is 12.5. The van der Waals surface area contributed by atoms with E-state index < -0.39 is 0 Å². The van der Waals surface area contributed by atoms with Crippen LogP contribution in [0.15, 0.2) is 18.2 Å². The molecule has 0 saturated carbocycles. The predicted octanol–water partition coefficient (Wildman–Crippen LogP) is 2.87. The Labute approximate surface area is 122 Å². The minimum Gasteiger partial charge on any atom is -0.377 e. The number of hydrogen-bond donors (Lipinski definition) is 1. The van der Waals surface area contributed by atoms with Crippen LogP contribution >= 0.6 is 0 Å². The third-order valence-corrected chi connectivity index (χ3v) is 4.05. The number of benzene rings is 1. The minimum atomic E-state index is -0.362. The second-order valence-electron chi connectivity index (χ2n) is 6.14. The maximum Gasteiger partial charge on any atom is 0.256 e. The van der Waals surface area contributed by atoms with Crippen molar-refractivity contribution in [3.8, 4) is 0 Å². The van der Waals surface area contributed by atoms with Crippen LogP contribution in [-0.2, 0) is 4.74 Å². The van der Waals surface area contributed by atoms with Gasteiger partial charge < -0.3 is 14.6 Å². The van der Waals surface area contributed by atoms with Crippen LogP contribution in [-0.4, -0.2) is 41.1 Å². The van der Waals surface area contributed by atoms with Crippen molar-refractivity contribution in [3.63, 3.8) is 0 Å². The third kappa shape index (κ3) is 2.31. The molecule has 0 atom stereocenters.